The maximum Gasteiger partial charge on any atom is 0.226 e. The fourth-order valence-corrected chi connectivity index (χ4v) is 4.95. The molecule has 2 heterocycles. The van der Waals surface area contributed by atoms with E-state index in [4.69, 9.17) is 0 Å². The van der Waals surface area contributed by atoms with Gasteiger partial charge in [0.2, 0.25) is 5.91 Å². The van der Waals surface area contributed by atoms with Gasteiger partial charge in [-0.1, -0.05) is 42.5 Å². The van der Waals surface area contributed by atoms with Gasteiger partial charge in [-0.05, 0) is 66.4 Å². The van der Waals surface area contributed by atoms with Crippen LogP contribution in [0.1, 0.15) is 30.7 Å². The number of nitrogens with zero attached hydrogens (tertiary/aromatic N) is 1. The van der Waals surface area contributed by atoms with Crippen LogP contribution < -0.4 is 5.32 Å². The second kappa shape index (κ2) is 6.14. The number of carbonyl (C=O) groups excluding carboxylic acids is 1. The van der Waals surface area contributed by atoms with Crippen molar-refractivity contribution in [2.45, 2.75) is 25.2 Å². The number of rotatable bonds is 2. The van der Waals surface area contributed by atoms with E-state index in [1.54, 1.807) is 0 Å². The molecule has 2 unspecified atom stereocenters. The molecule has 2 saturated heterocycles. The molecular formula is C22H26N2O. The summed E-state index contributed by atoms with van der Waals surface area (Å²) in [6.07, 6.45) is 3.38. The molecule has 1 saturated carbocycles. The molecule has 3 fully saturated rings. The fourth-order valence-electron chi connectivity index (χ4n) is 4.95. The second-order valence-corrected chi connectivity index (χ2v) is 8.14. The number of carbonyl (C=O) groups is 1. The highest BCUT2D eigenvalue weighted by Crippen LogP contribution is 2.49. The minimum atomic E-state index is 0.220. The maximum absolute atomic E-state index is 13.0. The number of likely N-dealkylation sites (tertiary alicyclic amines) is 1. The first kappa shape index (κ1) is 15.4. The van der Waals surface area contributed by atoms with E-state index in [9.17, 15) is 4.79 Å². The highest BCUT2D eigenvalue weighted by atomic mass is 16.2. The van der Waals surface area contributed by atoms with Crippen LogP contribution in [-0.2, 0) is 4.79 Å². The maximum atomic E-state index is 13.0. The molecule has 1 amide bonds. The average Bonchev–Trinajstić information content (AvgIpc) is 3.38. The molecule has 130 valence electrons. The molecule has 3 nitrogen and oxygen atoms in total. The third-order valence-electron chi connectivity index (χ3n) is 6.64. The number of hydrogen-bond donors (Lipinski definition) is 1. The summed E-state index contributed by atoms with van der Waals surface area (Å²) < 4.78 is 0. The highest BCUT2D eigenvalue weighted by molar-refractivity contribution is 5.86. The third kappa shape index (κ3) is 2.85. The van der Waals surface area contributed by atoms with Gasteiger partial charge in [-0.3, -0.25) is 4.79 Å². The molecule has 0 spiro atoms. The Morgan fingerprint density at radius 2 is 1.68 bits per heavy atom. The van der Waals surface area contributed by atoms with Gasteiger partial charge in [0.25, 0.3) is 0 Å². The Morgan fingerprint density at radius 3 is 2.44 bits per heavy atom. The van der Waals surface area contributed by atoms with Crippen molar-refractivity contribution in [2.75, 3.05) is 26.2 Å². The normalized spacial score (nSPS) is 31.6. The summed E-state index contributed by atoms with van der Waals surface area (Å²) in [5, 5.41) is 6.08. The summed E-state index contributed by atoms with van der Waals surface area (Å²) in [6, 6.07) is 15.2. The van der Waals surface area contributed by atoms with E-state index in [2.05, 4.69) is 52.7 Å². The fraction of sp³-hybridized carbons (Fsp3) is 0.500. The average molecular weight is 334 g/mol. The number of benzene rings is 2. The number of nitrogens with one attached hydrogen (secondary N) is 1. The molecular weight excluding hydrogens is 308 g/mol. The Bertz CT molecular complexity index is 787. The molecule has 1 aliphatic carbocycles. The summed E-state index contributed by atoms with van der Waals surface area (Å²) in [7, 11) is 0. The van der Waals surface area contributed by atoms with Gasteiger partial charge in [0.15, 0.2) is 0 Å². The molecule has 25 heavy (non-hydrogen) atoms. The summed E-state index contributed by atoms with van der Waals surface area (Å²) >= 11 is 0. The Morgan fingerprint density at radius 1 is 0.960 bits per heavy atom. The lowest BCUT2D eigenvalue weighted by Gasteiger charge is -2.21. The van der Waals surface area contributed by atoms with Crippen LogP contribution in [-0.4, -0.2) is 37.0 Å². The van der Waals surface area contributed by atoms with Gasteiger partial charge >= 0.3 is 0 Å². The van der Waals surface area contributed by atoms with Gasteiger partial charge < -0.3 is 10.2 Å². The van der Waals surface area contributed by atoms with Crippen LogP contribution >= 0.6 is 0 Å². The zero-order valence-electron chi connectivity index (χ0n) is 14.7. The topological polar surface area (TPSA) is 32.3 Å². The highest BCUT2D eigenvalue weighted by Gasteiger charge is 2.46. The van der Waals surface area contributed by atoms with E-state index < -0.39 is 0 Å². The predicted molar refractivity (Wildman–Crippen MR) is 100 cm³/mol. The van der Waals surface area contributed by atoms with Gasteiger partial charge in [0, 0.05) is 19.0 Å². The standard InChI is InChI=1S/C22H26N2O/c25-22(24-9-7-18-13-23-14-19(18)8-10-24)21-12-20(21)17-6-5-15-3-1-2-4-16(15)11-17/h1-6,11,18-21,23H,7-10,12-14H2/t18-,19+,20?,21?. The van der Waals surface area contributed by atoms with E-state index >= 15 is 0 Å². The lowest BCUT2D eigenvalue weighted by molar-refractivity contribution is -0.132. The molecule has 0 aromatic heterocycles. The van der Waals surface area contributed by atoms with Crippen LogP contribution in [0.2, 0.25) is 0 Å². The second-order valence-electron chi connectivity index (χ2n) is 8.14. The van der Waals surface area contributed by atoms with Crippen molar-refractivity contribution in [3.8, 4) is 0 Å². The molecule has 4 atom stereocenters. The largest absolute Gasteiger partial charge is 0.342 e. The SMILES string of the molecule is O=C(C1CC1c1ccc2ccccc2c1)N1CC[C@@H]2CNC[C@@H]2CC1. The quantitative estimate of drug-likeness (QED) is 0.913. The Kier molecular flexibility index (Phi) is 3.78. The molecule has 2 aliphatic heterocycles. The lowest BCUT2D eigenvalue weighted by Crippen LogP contribution is -2.34. The molecule has 1 N–H and O–H groups in total. The van der Waals surface area contributed by atoms with E-state index in [1.165, 1.54) is 29.2 Å². The number of fused-ring (bicyclic) bond motifs is 2. The molecule has 3 heteroatoms. The van der Waals surface area contributed by atoms with E-state index in [0.717, 1.165) is 44.4 Å². The first-order valence-corrected chi connectivity index (χ1v) is 9.78. The van der Waals surface area contributed by atoms with Gasteiger partial charge in [0.1, 0.15) is 0 Å². The van der Waals surface area contributed by atoms with Crippen LogP contribution in [0.5, 0.6) is 0 Å². The van der Waals surface area contributed by atoms with E-state index in [1.807, 2.05) is 0 Å². The minimum Gasteiger partial charge on any atom is -0.342 e. The van der Waals surface area contributed by atoms with Crippen LogP contribution in [0.15, 0.2) is 42.5 Å². The third-order valence-corrected chi connectivity index (χ3v) is 6.64. The Labute approximate surface area is 149 Å². The molecule has 0 radical (unpaired) electrons. The van der Waals surface area contributed by atoms with Crippen LogP contribution in [0.25, 0.3) is 10.8 Å². The van der Waals surface area contributed by atoms with Crippen molar-refractivity contribution in [3.63, 3.8) is 0 Å². The molecule has 0 bridgehead atoms. The zero-order chi connectivity index (χ0) is 16.8. The Hall–Kier alpha value is -1.87. The number of hydrogen-bond acceptors (Lipinski definition) is 2. The van der Waals surface area contributed by atoms with Gasteiger partial charge in [0.05, 0.1) is 0 Å². The summed E-state index contributed by atoms with van der Waals surface area (Å²) in [5.74, 6) is 2.63. The van der Waals surface area contributed by atoms with Gasteiger partial charge in [-0.15, -0.1) is 0 Å². The van der Waals surface area contributed by atoms with Crippen LogP contribution in [0, 0.1) is 17.8 Å². The summed E-state index contributed by atoms with van der Waals surface area (Å²) in [5.41, 5.74) is 1.34. The summed E-state index contributed by atoms with van der Waals surface area (Å²) in [4.78, 5) is 15.2. The van der Waals surface area contributed by atoms with Gasteiger partial charge in [-0.25, -0.2) is 0 Å². The van der Waals surface area contributed by atoms with Crippen molar-refractivity contribution in [3.05, 3.63) is 48.0 Å². The van der Waals surface area contributed by atoms with Gasteiger partial charge in [-0.2, -0.15) is 0 Å². The first-order chi connectivity index (χ1) is 12.3. The van der Waals surface area contributed by atoms with Crippen LogP contribution in [0.3, 0.4) is 0 Å². The summed E-state index contributed by atoms with van der Waals surface area (Å²) in [6.45, 7) is 4.22. The van der Waals surface area contributed by atoms with E-state index in [-0.39, 0.29) is 5.92 Å². The smallest absolute Gasteiger partial charge is 0.226 e. The van der Waals surface area contributed by atoms with Crippen molar-refractivity contribution < 1.29 is 4.79 Å². The van der Waals surface area contributed by atoms with E-state index in [0.29, 0.717) is 11.8 Å². The molecule has 5 rings (SSSR count). The number of amides is 1. The zero-order valence-corrected chi connectivity index (χ0v) is 14.7. The van der Waals surface area contributed by atoms with Crippen molar-refractivity contribution in [2.24, 2.45) is 17.8 Å². The van der Waals surface area contributed by atoms with Crippen molar-refractivity contribution in [1.82, 2.24) is 10.2 Å². The molecule has 2 aromatic rings. The molecule has 3 aliphatic rings. The Balaban J connectivity index is 1.27. The van der Waals surface area contributed by atoms with Crippen molar-refractivity contribution in [1.29, 1.82) is 0 Å². The first-order valence-electron chi connectivity index (χ1n) is 9.78. The lowest BCUT2D eigenvalue weighted by atomic mass is 9.92. The van der Waals surface area contributed by atoms with Crippen LogP contribution in [0.4, 0.5) is 0 Å². The predicted octanol–water partition coefficient (Wildman–Crippen LogP) is 3.40. The molecule has 2 aromatic carbocycles. The monoisotopic (exact) mass is 334 g/mol. The van der Waals surface area contributed by atoms with Crippen molar-refractivity contribution >= 4 is 16.7 Å². The minimum absolute atomic E-state index is 0.220.